The van der Waals surface area contributed by atoms with Crippen molar-refractivity contribution in [2.75, 3.05) is 10.0 Å². The van der Waals surface area contributed by atoms with Gasteiger partial charge >= 0.3 is 5.97 Å². The van der Waals surface area contributed by atoms with Gasteiger partial charge in [0, 0.05) is 13.1 Å². The van der Waals surface area contributed by atoms with Crippen LogP contribution in [0.3, 0.4) is 0 Å². The number of rotatable bonds is 5. The maximum absolute atomic E-state index is 12.2. The largest absolute Gasteiger partial charge is 0.476 e. The number of aromatic carboxylic acids is 1. The Morgan fingerprint density at radius 1 is 1.27 bits per heavy atom. The molecule has 2 rings (SSSR count). The third kappa shape index (κ3) is 3.56. The Hall–Kier alpha value is -2.53. The van der Waals surface area contributed by atoms with E-state index in [1.807, 2.05) is 0 Å². The maximum atomic E-state index is 12.2. The molecule has 2 aromatic rings. The van der Waals surface area contributed by atoms with Gasteiger partial charge in [-0.3, -0.25) is 9.52 Å². The fourth-order valence-corrected chi connectivity index (χ4v) is 3.38. The molecule has 0 aliphatic heterocycles. The number of carbonyl (C=O) groups is 2. The smallest absolute Gasteiger partial charge is 0.357 e. The first kappa shape index (κ1) is 15.9. The zero-order valence-electron chi connectivity index (χ0n) is 11.1. The van der Waals surface area contributed by atoms with E-state index in [0.717, 1.165) is 17.5 Å². The molecule has 9 nitrogen and oxygen atoms in total. The number of carboxylic acid groups (broad SMARTS) is 1. The Labute approximate surface area is 129 Å². The van der Waals surface area contributed by atoms with Gasteiger partial charge in [0.15, 0.2) is 5.69 Å². The van der Waals surface area contributed by atoms with E-state index < -0.39 is 16.0 Å². The second-order valence-electron chi connectivity index (χ2n) is 4.00. The van der Waals surface area contributed by atoms with Crippen molar-refractivity contribution < 1.29 is 23.1 Å². The lowest BCUT2D eigenvalue weighted by atomic mass is 10.4. The zero-order valence-corrected chi connectivity index (χ0v) is 12.7. The van der Waals surface area contributed by atoms with Crippen LogP contribution >= 0.6 is 11.3 Å². The number of pyridine rings is 1. The summed E-state index contributed by atoms with van der Waals surface area (Å²) >= 11 is 0.851. The first-order chi connectivity index (χ1) is 10.3. The van der Waals surface area contributed by atoms with Gasteiger partial charge in [-0.25, -0.2) is 23.2 Å². The molecule has 2 heterocycles. The summed E-state index contributed by atoms with van der Waals surface area (Å²) < 4.78 is 26.5. The van der Waals surface area contributed by atoms with E-state index in [1.54, 1.807) is 0 Å². The van der Waals surface area contributed by atoms with Gasteiger partial charge in [-0.2, -0.15) is 0 Å². The predicted molar refractivity (Wildman–Crippen MR) is 78.4 cm³/mol. The minimum atomic E-state index is -4.00. The van der Waals surface area contributed by atoms with Gasteiger partial charge in [0.1, 0.15) is 15.7 Å². The average molecular weight is 342 g/mol. The lowest BCUT2D eigenvalue weighted by Crippen LogP contribution is -2.15. The van der Waals surface area contributed by atoms with E-state index in [2.05, 4.69) is 20.0 Å². The number of carboxylic acids is 1. The van der Waals surface area contributed by atoms with Crippen molar-refractivity contribution in [3.05, 3.63) is 29.5 Å². The SMILES string of the molecule is CC(=O)Nc1ccc(S(=O)(=O)Nc2scnc2C(=O)O)cn1. The number of nitrogens with one attached hydrogen (secondary N) is 2. The monoisotopic (exact) mass is 342 g/mol. The summed E-state index contributed by atoms with van der Waals surface area (Å²) in [5.41, 5.74) is 0.843. The van der Waals surface area contributed by atoms with E-state index in [-0.39, 0.29) is 27.3 Å². The first-order valence-corrected chi connectivity index (χ1v) is 8.09. The summed E-state index contributed by atoms with van der Waals surface area (Å²) in [5, 5.41) is 11.2. The van der Waals surface area contributed by atoms with Crippen molar-refractivity contribution in [1.29, 1.82) is 0 Å². The summed E-state index contributed by atoms with van der Waals surface area (Å²) in [6.07, 6.45) is 1.05. The molecule has 0 bridgehead atoms. The van der Waals surface area contributed by atoms with E-state index in [0.29, 0.717) is 0 Å². The van der Waals surface area contributed by atoms with Crippen LogP contribution in [0.15, 0.2) is 28.7 Å². The maximum Gasteiger partial charge on any atom is 0.357 e. The number of hydrogen-bond donors (Lipinski definition) is 3. The van der Waals surface area contributed by atoms with Gasteiger partial charge in [0.25, 0.3) is 10.0 Å². The molecular formula is C11H10N4O5S2. The second kappa shape index (κ2) is 6.07. The fraction of sp³-hybridized carbons (Fsp3) is 0.0909. The summed E-state index contributed by atoms with van der Waals surface area (Å²) in [5.74, 6) is -1.47. The molecule has 0 aliphatic carbocycles. The molecule has 0 saturated carbocycles. The molecule has 0 spiro atoms. The highest BCUT2D eigenvalue weighted by atomic mass is 32.2. The highest BCUT2D eigenvalue weighted by Crippen LogP contribution is 2.24. The summed E-state index contributed by atoms with van der Waals surface area (Å²) in [4.78, 5) is 29.0. The van der Waals surface area contributed by atoms with Crippen LogP contribution in [0.5, 0.6) is 0 Å². The minimum Gasteiger partial charge on any atom is -0.476 e. The highest BCUT2D eigenvalue weighted by Gasteiger charge is 2.21. The summed E-state index contributed by atoms with van der Waals surface area (Å²) in [7, 11) is -4.00. The van der Waals surface area contributed by atoms with Gasteiger partial charge in [-0.15, -0.1) is 11.3 Å². The van der Waals surface area contributed by atoms with Crippen LogP contribution < -0.4 is 10.0 Å². The molecule has 2 aromatic heterocycles. The van der Waals surface area contributed by atoms with Crippen molar-refractivity contribution in [2.24, 2.45) is 0 Å². The number of sulfonamides is 1. The van der Waals surface area contributed by atoms with E-state index in [9.17, 15) is 18.0 Å². The van der Waals surface area contributed by atoms with Crippen LogP contribution in [-0.2, 0) is 14.8 Å². The van der Waals surface area contributed by atoms with Crippen LogP contribution in [0.25, 0.3) is 0 Å². The van der Waals surface area contributed by atoms with Gasteiger partial charge in [0.05, 0.1) is 5.51 Å². The average Bonchev–Trinajstić information content (AvgIpc) is 2.86. The Bertz CT molecular complexity index is 813. The second-order valence-corrected chi connectivity index (χ2v) is 6.54. The molecular weight excluding hydrogens is 332 g/mol. The van der Waals surface area contributed by atoms with Gasteiger partial charge < -0.3 is 10.4 Å². The number of nitrogens with zero attached hydrogens (tertiary/aromatic N) is 2. The van der Waals surface area contributed by atoms with Crippen LogP contribution in [0.1, 0.15) is 17.4 Å². The molecule has 22 heavy (non-hydrogen) atoms. The number of thiazole rings is 1. The van der Waals surface area contributed by atoms with E-state index in [1.165, 1.54) is 24.6 Å². The van der Waals surface area contributed by atoms with Crippen molar-refractivity contribution in [3.8, 4) is 0 Å². The van der Waals surface area contributed by atoms with Crippen molar-refractivity contribution >= 4 is 44.1 Å². The molecule has 0 aromatic carbocycles. The molecule has 1 amide bonds. The lowest BCUT2D eigenvalue weighted by molar-refractivity contribution is -0.114. The Kier molecular flexibility index (Phi) is 4.37. The first-order valence-electron chi connectivity index (χ1n) is 5.73. The van der Waals surface area contributed by atoms with E-state index in [4.69, 9.17) is 5.11 Å². The van der Waals surface area contributed by atoms with Crippen LogP contribution in [0, 0.1) is 0 Å². The Morgan fingerprint density at radius 2 is 2.00 bits per heavy atom. The number of hydrogen-bond acceptors (Lipinski definition) is 7. The summed E-state index contributed by atoms with van der Waals surface area (Å²) in [6, 6.07) is 2.56. The number of anilines is 2. The molecule has 116 valence electrons. The van der Waals surface area contributed by atoms with Crippen molar-refractivity contribution in [1.82, 2.24) is 9.97 Å². The summed E-state index contributed by atoms with van der Waals surface area (Å²) in [6.45, 7) is 1.30. The normalized spacial score (nSPS) is 11.0. The van der Waals surface area contributed by atoms with Crippen LogP contribution in [-0.4, -0.2) is 35.4 Å². The number of aromatic nitrogens is 2. The van der Waals surface area contributed by atoms with Gasteiger partial charge in [-0.05, 0) is 12.1 Å². The zero-order chi connectivity index (χ0) is 16.3. The third-order valence-corrected chi connectivity index (χ3v) is 4.55. The molecule has 3 N–H and O–H groups in total. The molecule has 0 saturated heterocycles. The lowest BCUT2D eigenvalue weighted by Gasteiger charge is -2.07. The number of amides is 1. The predicted octanol–water partition coefficient (Wildman–Crippen LogP) is 0.995. The van der Waals surface area contributed by atoms with Crippen LogP contribution in [0.2, 0.25) is 0 Å². The van der Waals surface area contributed by atoms with Crippen molar-refractivity contribution in [3.63, 3.8) is 0 Å². The third-order valence-electron chi connectivity index (χ3n) is 2.35. The molecule has 0 unspecified atom stereocenters. The van der Waals surface area contributed by atoms with E-state index >= 15 is 0 Å². The highest BCUT2D eigenvalue weighted by molar-refractivity contribution is 7.93. The molecule has 0 aliphatic rings. The molecule has 0 fully saturated rings. The van der Waals surface area contributed by atoms with Crippen LogP contribution in [0.4, 0.5) is 10.8 Å². The molecule has 11 heteroatoms. The fourth-order valence-electron chi connectivity index (χ4n) is 1.45. The standard InChI is InChI=1S/C11H10N4O5S2/c1-6(16)14-8-3-2-7(4-12-8)22(19,20)15-10-9(11(17)18)13-5-21-10/h2-5,15H,1H3,(H,17,18)(H,12,14,16). The quantitative estimate of drug-likeness (QED) is 0.736. The van der Waals surface area contributed by atoms with Crippen molar-refractivity contribution in [2.45, 2.75) is 11.8 Å². The molecule has 0 atom stereocenters. The van der Waals surface area contributed by atoms with Gasteiger partial charge in [0.2, 0.25) is 5.91 Å². The topological polar surface area (TPSA) is 138 Å². The Morgan fingerprint density at radius 3 is 2.55 bits per heavy atom. The molecule has 0 radical (unpaired) electrons. The Balaban J connectivity index is 2.25. The minimum absolute atomic E-state index is 0.0987. The van der Waals surface area contributed by atoms with Gasteiger partial charge in [-0.1, -0.05) is 0 Å². The number of carbonyl (C=O) groups excluding carboxylic acids is 1.